The van der Waals surface area contributed by atoms with Gasteiger partial charge >= 0.3 is 0 Å². The van der Waals surface area contributed by atoms with Crippen molar-refractivity contribution in [3.63, 3.8) is 0 Å². The first kappa shape index (κ1) is 22.6. The summed E-state index contributed by atoms with van der Waals surface area (Å²) >= 11 is 1.48. The Hall–Kier alpha value is -2.17. The Bertz CT molecular complexity index is 1020. The van der Waals surface area contributed by atoms with Gasteiger partial charge in [0.1, 0.15) is 6.10 Å². The maximum Gasteiger partial charge on any atom is 0.224 e. The largest absolute Gasteiger partial charge is 0.390 e. The summed E-state index contributed by atoms with van der Waals surface area (Å²) in [4.78, 5) is 20.0. The average Bonchev–Trinajstić information content (AvgIpc) is 3.26. The van der Waals surface area contributed by atoms with Crippen molar-refractivity contribution in [1.29, 1.82) is 0 Å². The van der Waals surface area contributed by atoms with Crippen LogP contribution in [0.25, 0.3) is 10.8 Å². The molecule has 1 amide bonds. The van der Waals surface area contributed by atoms with Gasteiger partial charge in [0.15, 0.2) is 5.17 Å². The number of hydrogen-bond acceptors (Lipinski definition) is 8. The van der Waals surface area contributed by atoms with E-state index in [0.29, 0.717) is 11.7 Å². The van der Waals surface area contributed by atoms with Crippen LogP contribution in [0, 0.1) is 5.92 Å². The molecule has 2 aliphatic heterocycles. The first-order valence-electron chi connectivity index (χ1n) is 11.5. The molecule has 0 aromatic heterocycles. The number of nitrogens with zero attached hydrogens (tertiary/aromatic N) is 2. The summed E-state index contributed by atoms with van der Waals surface area (Å²) < 4.78 is 5.37. The first-order valence-corrected chi connectivity index (χ1v) is 12.4. The number of thioether (sulfide) groups is 1. The van der Waals surface area contributed by atoms with Crippen molar-refractivity contribution < 1.29 is 19.7 Å². The van der Waals surface area contributed by atoms with E-state index >= 15 is 0 Å². The number of ether oxygens (including phenoxy) is 1. The quantitative estimate of drug-likeness (QED) is 0.522. The lowest BCUT2D eigenvalue weighted by Gasteiger charge is -2.37. The van der Waals surface area contributed by atoms with Crippen LogP contribution in [-0.2, 0) is 9.53 Å². The van der Waals surface area contributed by atoms with Crippen molar-refractivity contribution in [3.05, 3.63) is 42.5 Å². The Labute approximate surface area is 197 Å². The van der Waals surface area contributed by atoms with Crippen molar-refractivity contribution >= 4 is 39.3 Å². The average molecular weight is 471 g/mol. The van der Waals surface area contributed by atoms with Crippen LogP contribution in [0.2, 0.25) is 0 Å². The maximum absolute atomic E-state index is 13.0. The van der Waals surface area contributed by atoms with Gasteiger partial charge in [-0.3, -0.25) is 14.7 Å². The molecule has 2 heterocycles. The second-order valence-electron chi connectivity index (χ2n) is 8.80. The number of anilines is 1. The van der Waals surface area contributed by atoms with Crippen molar-refractivity contribution in [3.8, 4) is 0 Å². The smallest absolute Gasteiger partial charge is 0.224 e. The number of carbonyl (C=O) groups excluding carboxylic acids is 1. The lowest BCUT2D eigenvalue weighted by molar-refractivity contribution is -0.129. The molecule has 8 nitrogen and oxygen atoms in total. The number of aliphatic imine (C=N–C) groups is 1. The van der Waals surface area contributed by atoms with Crippen molar-refractivity contribution in [1.82, 2.24) is 10.2 Å². The number of amides is 1. The number of morpholine rings is 1. The predicted octanol–water partition coefficient (Wildman–Crippen LogP) is 1.28. The highest BCUT2D eigenvalue weighted by Crippen LogP contribution is 2.41. The van der Waals surface area contributed by atoms with Gasteiger partial charge in [-0.25, -0.2) is 0 Å². The fraction of sp³-hybridized carbons (Fsp3) is 0.500. The van der Waals surface area contributed by atoms with Gasteiger partial charge in [-0.2, -0.15) is 0 Å². The summed E-state index contributed by atoms with van der Waals surface area (Å²) in [5, 5.41) is 30.1. The van der Waals surface area contributed by atoms with E-state index in [4.69, 9.17) is 4.74 Å². The molecule has 0 bridgehead atoms. The second kappa shape index (κ2) is 9.99. The molecule has 2 aromatic carbocycles. The Morgan fingerprint density at radius 2 is 1.94 bits per heavy atom. The summed E-state index contributed by atoms with van der Waals surface area (Å²) in [7, 11) is 0. The molecule has 9 heteroatoms. The minimum absolute atomic E-state index is 0.0849. The lowest BCUT2D eigenvalue weighted by Crippen LogP contribution is -2.54. The lowest BCUT2D eigenvalue weighted by atomic mass is 9.81. The molecule has 4 N–H and O–H groups in total. The van der Waals surface area contributed by atoms with Gasteiger partial charge in [0.25, 0.3) is 0 Å². The highest BCUT2D eigenvalue weighted by atomic mass is 32.2. The molecule has 3 aliphatic rings. The van der Waals surface area contributed by atoms with E-state index in [9.17, 15) is 15.0 Å². The topological polar surface area (TPSA) is 106 Å². The zero-order valence-corrected chi connectivity index (χ0v) is 19.2. The van der Waals surface area contributed by atoms with Crippen LogP contribution in [0.5, 0.6) is 0 Å². The van der Waals surface area contributed by atoms with Crippen LogP contribution in [0.1, 0.15) is 6.42 Å². The third-order valence-corrected chi connectivity index (χ3v) is 8.00. The highest BCUT2D eigenvalue weighted by molar-refractivity contribution is 8.15. The van der Waals surface area contributed by atoms with Crippen LogP contribution in [0.15, 0.2) is 47.5 Å². The monoisotopic (exact) mass is 470 g/mol. The Morgan fingerprint density at radius 1 is 1.15 bits per heavy atom. The van der Waals surface area contributed by atoms with E-state index in [-0.39, 0.29) is 17.6 Å². The molecule has 176 valence electrons. The molecule has 0 spiro atoms. The summed E-state index contributed by atoms with van der Waals surface area (Å²) in [6.45, 7) is 4.54. The number of carbonyl (C=O) groups is 1. The zero-order valence-electron chi connectivity index (χ0n) is 18.4. The van der Waals surface area contributed by atoms with Crippen LogP contribution in [-0.4, -0.2) is 89.1 Å². The summed E-state index contributed by atoms with van der Waals surface area (Å²) in [6.07, 6.45) is -1.72. The van der Waals surface area contributed by atoms with E-state index in [1.807, 2.05) is 30.3 Å². The molecule has 2 fully saturated rings. The number of hydrogen-bond donors (Lipinski definition) is 4. The Morgan fingerprint density at radius 3 is 2.79 bits per heavy atom. The normalized spacial score (nSPS) is 30.0. The second-order valence-corrected chi connectivity index (χ2v) is 9.97. The number of aliphatic hydroxyl groups excluding tert-OH is 2. The molecule has 5 atom stereocenters. The molecule has 1 saturated heterocycles. The SMILES string of the molecule is O=C(NCCN1CCOCC1)C1CC(O)C(O)C2N=C(Nc3cccc4ccccc34)SC12. The summed E-state index contributed by atoms with van der Waals surface area (Å²) in [6, 6.07) is 13.6. The van der Waals surface area contributed by atoms with Crippen LogP contribution >= 0.6 is 11.8 Å². The maximum atomic E-state index is 13.0. The Kier molecular flexibility index (Phi) is 6.84. The standard InChI is InChI=1S/C24H30N4O4S/c29-19-14-17(23(31)25-8-9-28-10-12-32-13-11-28)22-20(21(19)30)27-24(33-22)26-18-7-3-5-15-4-1-2-6-16(15)18/h1-7,17,19-22,29-30H,8-14H2,(H,25,31)(H,26,27). The van der Waals surface area contributed by atoms with Gasteiger partial charge in [-0.15, -0.1) is 0 Å². The molecular weight excluding hydrogens is 440 g/mol. The van der Waals surface area contributed by atoms with Crippen molar-refractivity contribution in [2.24, 2.45) is 10.9 Å². The number of rotatable bonds is 5. The number of aliphatic hydroxyl groups is 2. The van der Waals surface area contributed by atoms with Gasteiger partial charge < -0.3 is 25.6 Å². The third-order valence-electron chi connectivity index (χ3n) is 6.69. The molecule has 1 aliphatic carbocycles. The molecular formula is C24H30N4O4S. The molecule has 5 unspecified atom stereocenters. The highest BCUT2D eigenvalue weighted by Gasteiger charge is 2.50. The molecule has 1 saturated carbocycles. The minimum Gasteiger partial charge on any atom is -0.390 e. The van der Waals surface area contributed by atoms with E-state index in [1.54, 1.807) is 0 Å². The fourth-order valence-electron chi connectivity index (χ4n) is 4.85. The van der Waals surface area contributed by atoms with E-state index < -0.39 is 24.2 Å². The van der Waals surface area contributed by atoms with Gasteiger partial charge in [0.05, 0.1) is 31.3 Å². The van der Waals surface area contributed by atoms with Crippen LogP contribution in [0.4, 0.5) is 5.69 Å². The number of fused-ring (bicyclic) bond motifs is 2. The zero-order chi connectivity index (χ0) is 22.8. The predicted molar refractivity (Wildman–Crippen MR) is 131 cm³/mol. The number of amidine groups is 1. The van der Waals surface area contributed by atoms with Gasteiger partial charge in [-0.1, -0.05) is 48.2 Å². The number of nitrogens with one attached hydrogen (secondary N) is 2. The van der Waals surface area contributed by atoms with E-state index in [0.717, 1.165) is 49.3 Å². The molecule has 0 radical (unpaired) electrons. The summed E-state index contributed by atoms with van der Waals surface area (Å²) in [5.41, 5.74) is 0.930. The Balaban J connectivity index is 1.25. The number of benzene rings is 2. The van der Waals surface area contributed by atoms with E-state index in [1.165, 1.54) is 11.8 Å². The van der Waals surface area contributed by atoms with Crippen molar-refractivity contribution in [2.45, 2.75) is 29.9 Å². The minimum atomic E-state index is -0.980. The van der Waals surface area contributed by atoms with Gasteiger partial charge in [0.2, 0.25) is 5.91 Å². The van der Waals surface area contributed by atoms with Gasteiger partial charge in [0, 0.05) is 42.5 Å². The summed E-state index contributed by atoms with van der Waals surface area (Å²) in [5.74, 6) is -0.503. The first-order chi connectivity index (χ1) is 16.1. The van der Waals surface area contributed by atoms with Crippen molar-refractivity contribution in [2.75, 3.05) is 44.7 Å². The molecule has 2 aromatic rings. The third kappa shape index (κ3) is 4.88. The van der Waals surface area contributed by atoms with E-state index in [2.05, 4.69) is 32.7 Å². The fourth-order valence-corrected chi connectivity index (χ4v) is 6.22. The molecule has 33 heavy (non-hydrogen) atoms. The van der Waals surface area contributed by atoms with Crippen LogP contribution < -0.4 is 10.6 Å². The van der Waals surface area contributed by atoms with Gasteiger partial charge in [-0.05, 0) is 17.9 Å². The van der Waals surface area contributed by atoms with Crippen LogP contribution in [0.3, 0.4) is 0 Å². The molecule has 5 rings (SSSR count).